The van der Waals surface area contributed by atoms with Crippen LogP contribution in [0.3, 0.4) is 0 Å². The number of alkyl halides is 2. The molecule has 1 N–H and O–H groups in total. The third-order valence-electron chi connectivity index (χ3n) is 2.64. The molecule has 1 aromatic rings. The highest BCUT2D eigenvalue weighted by molar-refractivity contribution is 5.85. The Morgan fingerprint density at radius 1 is 1.25 bits per heavy atom. The minimum atomic E-state index is -2.75. The van der Waals surface area contributed by atoms with Gasteiger partial charge in [0.05, 0.1) is 0 Å². The Balaban J connectivity index is 0.00000128. The van der Waals surface area contributed by atoms with Gasteiger partial charge in [0.2, 0.25) is 0 Å². The quantitative estimate of drug-likeness (QED) is 0.890. The Morgan fingerprint density at radius 2 is 1.94 bits per heavy atom. The molecule has 0 amide bonds. The predicted molar refractivity (Wildman–Crippen MR) is 60.5 cm³/mol. The van der Waals surface area contributed by atoms with Crippen molar-refractivity contribution in [1.29, 1.82) is 0 Å². The van der Waals surface area contributed by atoms with Gasteiger partial charge in [-0.05, 0) is 36.6 Å². The summed E-state index contributed by atoms with van der Waals surface area (Å²) in [4.78, 5) is 0. The number of rotatable bonds is 3. The van der Waals surface area contributed by atoms with Crippen molar-refractivity contribution in [2.75, 3.05) is 13.1 Å². The van der Waals surface area contributed by atoms with Crippen molar-refractivity contribution in [3.05, 3.63) is 29.8 Å². The molecule has 16 heavy (non-hydrogen) atoms. The van der Waals surface area contributed by atoms with Gasteiger partial charge in [0.15, 0.2) is 0 Å². The highest BCUT2D eigenvalue weighted by Gasteiger charge is 2.16. The van der Waals surface area contributed by atoms with Crippen LogP contribution in [0.2, 0.25) is 0 Å². The average Bonchev–Trinajstić information content (AvgIpc) is 2.71. The van der Waals surface area contributed by atoms with Gasteiger partial charge in [-0.2, -0.15) is 8.78 Å². The lowest BCUT2D eigenvalue weighted by atomic mass is 9.99. The molecule has 5 heteroatoms. The molecule has 0 radical (unpaired) electrons. The van der Waals surface area contributed by atoms with Crippen molar-refractivity contribution in [1.82, 2.24) is 5.32 Å². The second kappa shape index (κ2) is 6.01. The Hall–Kier alpha value is -0.870. The summed E-state index contributed by atoms with van der Waals surface area (Å²) in [6.07, 6.45) is 1.11. The van der Waals surface area contributed by atoms with Crippen molar-refractivity contribution in [3.8, 4) is 5.75 Å². The molecule has 0 bridgehead atoms. The molecule has 1 atom stereocenters. The first-order valence-corrected chi connectivity index (χ1v) is 5.01. The first-order chi connectivity index (χ1) is 7.25. The van der Waals surface area contributed by atoms with E-state index in [0.717, 1.165) is 19.5 Å². The minimum absolute atomic E-state index is 0. The van der Waals surface area contributed by atoms with Crippen molar-refractivity contribution in [2.45, 2.75) is 19.0 Å². The fourth-order valence-corrected chi connectivity index (χ4v) is 1.86. The largest absolute Gasteiger partial charge is 0.435 e. The van der Waals surface area contributed by atoms with Crippen LogP contribution in [0, 0.1) is 0 Å². The zero-order valence-electron chi connectivity index (χ0n) is 8.66. The second-order valence-corrected chi connectivity index (χ2v) is 3.64. The molecule has 0 saturated carbocycles. The molecule has 1 aromatic carbocycles. The molecule has 2 nitrogen and oxygen atoms in total. The number of benzene rings is 1. The summed E-state index contributed by atoms with van der Waals surface area (Å²) in [5.41, 5.74) is 1.18. The predicted octanol–water partition coefficient (Wildman–Crippen LogP) is 2.79. The van der Waals surface area contributed by atoms with Gasteiger partial charge in [0.25, 0.3) is 0 Å². The fraction of sp³-hybridized carbons (Fsp3) is 0.455. The standard InChI is InChI=1S/C11H13F2NO.ClH/c12-11(13)15-10-3-1-8(2-4-10)9-5-6-14-7-9;/h1-4,9,11,14H,5-7H2;1H. The highest BCUT2D eigenvalue weighted by atomic mass is 35.5. The number of halogens is 3. The zero-order valence-corrected chi connectivity index (χ0v) is 9.47. The minimum Gasteiger partial charge on any atom is -0.435 e. The molecule has 0 aromatic heterocycles. The number of ether oxygens (including phenoxy) is 1. The van der Waals surface area contributed by atoms with Crippen LogP contribution < -0.4 is 10.1 Å². The highest BCUT2D eigenvalue weighted by Crippen LogP contribution is 2.24. The van der Waals surface area contributed by atoms with E-state index in [1.807, 2.05) is 12.1 Å². The van der Waals surface area contributed by atoms with E-state index in [0.29, 0.717) is 5.92 Å². The summed E-state index contributed by atoms with van der Waals surface area (Å²) in [7, 11) is 0. The second-order valence-electron chi connectivity index (χ2n) is 3.64. The number of hydrogen-bond acceptors (Lipinski definition) is 2. The van der Waals surface area contributed by atoms with E-state index < -0.39 is 6.61 Å². The van der Waals surface area contributed by atoms with Crippen molar-refractivity contribution in [2.24, 2.45) is 0 Å². The van der Waals surface area contributed by atoms with Gasteiger partial charge in [-0.1, -0.05) is 12.1 Å². The summed E-state index contributed by atoms with van der Waals surface area (Å²) < 4.78 is 28.1. The van der Waals surface area contributed by atoms with Crippen molar-refractivity contribution < 1.29 is 13.5 Å². The van der Waals surface area contributed by atoms with Gasteiger partial charge >= 0.3 is 6.61 Å². The molecule has 1 heterocycles. The molecule has 2 rings (SSSR count). The van der Waals surface area contributed by atoms with Crippen molar-refractivity contribution in [3.63, 3.8) is 0 Å². The maximum atomic E-state index is 11.9. The number of nitrogens with one attached hydrogen (secondary N) is 1. The molecule has 1 aliphatic heterocycles. The van der Waals surface area contributed by atoms with Crippen LogP contribution in [0.1, 0.15) is 17.9 Å². The summed E-state index contributed by atoms with van der Waals surface area (Å²) in [6.45, 7) is -0.751. The van der Waals surface area contributed by atoms with E-state index >= 15 is 0 Å². The van der Waals surface area contributed by atoms with E-state index in [2.05, 4.69) is 10.1 Å². The van der Waals surface area contributed by atoms with Crippen LogP contribution in [0.4, 0.5) is 8.78 Å². The Morgan fingerprint density at radius 3 is 2.44 bits per heavy atom. The van der Waals surface area contributed by atoms with Gasteiger partial charge in [0.1, 0.15) is 5.75 Å². The van der Waals surface area contributed by atoms with E-state index in [9.17, 15) is 8.78 Å². The molecular weight excluding hydrogens is 236 g/mol. The normalized spacial score (nSPS) is 19.6. The summed E-state index contributed by atoms with van der Waals surface area (Å²) >= 11 is 0. The van der Waals surface area contributed by atoms with Gasteiger partial charge in [-0.15, -0.1) is 12.4 Å². The van der Waals surface area contributed by atoms with Crippen LogP contribution in [-0.4, -0.2) is 19.7 Å². The maximum absolute atomic E-state index is 11.9. The van der Waals surface area contributed by atoms with Crippen LogP contribution in [-0.2, 0) is 0 Å². The van der Waals surface area contributed by atoms with E-state index in [1.165, 1.54) is 5.56 Å². The molecule has 0 spiro atoms. The van der Waals surface area contributed by atoms with E-state index in [1.54, 1.807) is 12.1 Å². The Labute approximate surface area is 99.4 Å². The third kappa shape index (κ3) is 3.32. The summed E-state index contributed by atoms with van der Waals surface area (Å²) in [5.74, 6) is 0.727. The lowest BCUT2D eigenvalue weighted by Crippen LogP contribution is -2.08. The van der Waals surface area contributed by atoms with Crippen LogP contribution in [0.25, 0.3) is 0 Å². The Bertz CT molecular complexity index is 312. The molecule has 1 unspecified atom stereocenters. The van der Waals surface area contributed by atoms with E-state index in [4.69, 9.17) is 0 Å². The topological polar surface area (TPSA) is 21.3 Å². The van der Waals surface area contributed by atoms with Gasteiger partial charge in [0, 0.05) is 6.54 Å². The van der Waals surface area contributed by atoms with Crippen LogP contribution in [0.5, 0.6) is 5.75 Å². The summed E-state index contributed by atoms with van der Waals surface area (Å²) in [5, 5.41) is 3.27. The molecule has 1 fully saturated rings. The maximum Gasteiger partial charge on any atom is 0.387 e. The van der Waals surface area contributed by atoms with Gasteiger partial charge in [-0.3, -0.25) is 0 Å². The first-order valence-electron chi connectivity index (χ1n) is 5.01. The van der Waals surface area contributed by atoms with Gasteiger partial charge < -0.3 is 10.1 Å². The third-order valence-corrected chi connectivity index (χ3v) is 2.64. The van der Waals surface area contributed by atoms with Crippen LogP contribution >= 0.6 is 12.4 Å². The fourth-order valence-electron chi connectivity index (χ4n) is 1.86. The van der Waals surface area contributed by atoms with Crippen molar-refractivity contribution >= 4 is 12.4 Å². The molecule has 1 saturated heterocycles. The summed E-state index contributed by atoms with van der Waals surface area (Å²) in [6, 6.07) is 6.91. The van der Waals surface area contributed by atoms with Gasteiger partial charge in [-0.25, -0.2) is 0 Å². The Kier molecular flexibility index (Phi) is 4.96. The van der Waals surface area contributed by atoms with Crippen LogP contribution in [0.15, 0.2) is 24.3 Å². The zero-order chi connectivity index (χ0) is 10.7. The monoisotopic (exact) mass is 249 g/mol. The molecule has 1 aliphatic rings. The SMILES string of the molecule is Cl.FC(F)Oc1ccc(C2CCNC2)cc1. The average molecular weight is 250 g/mol. The number of hydrogen-bond donors (Lipinski definition) is 1. The lowest BCUT2D eigenvalue weighted by molar-refractivity contribution is -0.0498. The molecule has 0 aliphatic carbocycles. The molecule has 90 valence electrons. The lowest BCUT2D eigenvalue weighted by Gasteiger charge is -2.10. The van der Waals surface area contributed by atoms with E-state index in [-0.39, 0.29) is 18.2 Å². The first kappa shape index (κ1) is 13.2. The smallest absolute Gasteiger partial charge is 0.387 e. The molecular formula is C11H14ClF2NO.